The maximum Gasteiger partial charge on any atom is 0.225 e. The van der Waals surface area contributed by atoms with Crippen LogP contribution in [0, 0.1) is 28.1 Å². The quantitative estimate of drug-likeness (QED) is 0.634. The van der Waals surface area contributed by atoms with Gasteiger partial charge in [0, 0.05) is 12.3 Å². The number of hydrogen-bond donors (Lipinski definition) is 2. The Morgan fingerprint density at radius 1 is 1.36 bits per heavy atom. The van der Waals surface area contributed by atoms with Crippen molar-refractivity contribution in [2.24, 2.45) is 0 Å². The Kier molecular flexibility index (Phi) is 5.46. The number of amides is 1. The van der Waals surface area contributed by atoms with Gasteiger partial charge in [0.15, 0.2) is 11.5 Å². The van der Waals surface area contributed by atoms with Crippen LogP contribution in [0.4, 0.5) is 0 Å². The number of ether oxygens (including phenoxy) is 2. The largest absolute Gasteiger partial charge is 0.493 e. The second kappa shape index (κ2) is 7.55. The Balaban J connectivity index is 2.72. The summed E-state index contributed by atoms with van der Waals surface area (Å²) < 4.78 is 10.4. The topological polar surface area (TPSA) is 119 Å². The number of nitriles is 2. The molecule has 1 aromatic rings. The van der Waals surface area contributed by atoms with E-state index in [2.05, 4.69) is 5.32 Å². The van der Waals surface area contributed by atoms with Crippen LogP contribution >= 0.6 is 11.6 Å². The minimum absolute atomic E-state index is 0.0212. The summed E-state index contributed by atoms with van der Waals surface area (Å²) in [6.07, 6.45) is -0.0295. The van der Waals surface area contributed by atoms with Crippen molar-refractivity contribution in [1.82, 2.24) is 5.32 Å². The van der Waals surface area contributed by atoms with Gasteiger partial charge in [-0.2, -0.15) is 10.5 Å². The van der Waals surface area contributed by atoms with Crippen LogP contribution in [0.3, 0.4) is 0 Å². The van der Waals surface area contributed by atoms with Gasteiger partial charge in [0.05, 0.1) is 36.6 Å². The number of methoxy groups -OCH3 is 2. The van der Waals surface area contributed by atoms with Crippen molar-refractivity contribution in [1.29, 1.82) is 15.9 Å². The molecule has 0 fully saturated rings. The maximum atomic E-state index is 12.1. The van der Waals surface area contributed by atoms with E-state index in [1.54, 1.807) is 18.2 Å². The lowest BCUT2D eigenvalue weighted by atomic mass is 9.83. The number of benzene rings is 1. The molecule has 0 saturated carbocycles. The van der Waals surface area contributed by atoms with Gasteiger partial charge < -0.3 is 14.8 Å². The molecule has 0 radical (unpaired) electrons. The number of nitrogens with zero attached hydrogens (tertiary/aromatic N) is 2. The van der Waals surface area contributed by atoms with Crippen molar-refractivity contribution in [2.75, 3.05) is 14.2 Å². The van der Waals surface area contributed by atoms with Crippen LogP contribution < -0.4 is 14.8 Å². The summed E-state index contributed by atoms with van der Waals surface area (Å²) in [7, 11) is 2.90. The molecule has 2 N–H and O–H groups in total. The van der Waals surface area contributed by atoms with Gasteiger partial charge in [-0.05, 0) is 17.5 Å². The lowest BCUT2D eigenvalue weighted by molar-refractivity contribution is -0.120. The molecule has 1 unspecified atom stereocenters. The second-order valence-corrected chi connectivity index (χ2v) is 5.40. The fraction of sp³-hybridized carbons (Fsp3) is 0.235. The third kappa shape index (κ3) is 3.20. The highest BCUT2D eigenvalue weighted by Crippen LogP contribution is 2.44. The Labute approximate surface area is 149 Å². The number of nitrogens with one attached hydrogen (secondary N) is 2. The zero-order valence-electron chi connectivity index (χ0n) is 13.4. The predicted molar refractivity (Wildman–Crippen MR) is 89.5 cm³/mol. The van der Waals surface area contributed by atoms with Crippen LogP contribution in [0.1, 0.15) is 17.9 Å². The van der Waals surface area contributed by atoms with Gasteiger partial charge in [-0.25, -0.2) is 0 Å². The molecule has 126 valence electrons. The van der Waals surface area contributed by atoms with E-state index in [4.69, 9.17) is 31.7 Å². The molecule has 0 aliphatic carbocycles. The zero-order valence-corrected chi connectivity index (χ0v) is 14.2. The van der Waals surface area contributed by atoms with Crippen LogP contribution in [0.5, 0.6) is 11.5 Å². The molecule has 0 saturated heterocycles. The van der Waals surface area contributed by atoms with Crippen LogP contribution in [0.15, 0.2) is 29.0 Å². The molecule has 1 aromatic carbocycles. The average Bonchev–Trinajstić information content (AvgIpc) is 2.62. The summed E-state index contributed by atoms with van der Waals surface area (Å²) in [5, 5.41) is 28.6. The number of hydrogen-bond acceptors (Lipinski definition) is 6. The molecule has 1 heterocycles. The number of carbonyl (C=O) groups is 1. The molecule has 1 aliphatic heterocycles. The molecular formula is C17H13ClN4O3. The molecule has 8 heteroatoms. The number of allylic oxidation sites excluding steroid dienone is 2. The number of rotatable bonds is 4. The van der Waals surface area contributed by atoms with Crippen molar-refractivity contribution >= 4 is 23.4 Å². The van der Waals surface area contributed by atoms with E-state index >= 15 is 0 Å². The summed E-state index contributed by atoms with van der Waals surface area (Å²) >= 11 is 6.40. The fourth-order valence-corrected chi connectivity index (χ4v) is 3.00. The predicted octanol–water partition coefficient (Wildman–Crippen LogP) is 2.44. The first-order valence-corrected chi connectivity index (χ1v) is 7.44. The average molecular weight is 357 g/mol. The molecule has 2 rings (SSSR count). The summed E-state index contributed by atoms with van der Waals surface area (Å²) in [6, 6.07) is 7.02. The van der Waals surface area contributed by atoms with Crippen molar-refractivity contribution in [3.05, 3.63) is 39.6 Å². The van der Waals surface area contributed by atoms with Crippen LogP contribution in [0.25, 0.3) is 0 Å². The van der Waals surface area contributed by atoms with Crippen LogP contribution in [-0.4, -0.2) is 26.0 Å². The lowest BCUT2D eigenvalue weighted by Crippen LogP contribution is -2.33. The Hall–Kier alpha value is -3.25. The van der Waals surface area contributed by atoms with Gasteiger partial charge in [0.25, 0.3) is 0 Å². The van der Waals surface area contributed by atoms with Gasteiger partial charge in [-0.15, -0.1) is 0 Å². The smallest absolute Gasteiger partial charge is 0.225 e. The third-order valence-electron chi connectivity index (χ3n) is 3.77. The Bertz CT molecular complexity index is 902. The van der Waals surface area contributed by atoms with Gasteiger partial charge in [0.1, 0.15) is 11.6 Å². The van der Waals surface area contributed by atoms with E-state index in [1.807, 2.05) is 11.9 Å². The molecular weight excluding hydrogens is 344 g/mol. The Morgan fingerprint density at radius 3 is 2.60 bits per heavy atom. The van der Waals surface area contributed by atoms with Gasteiger partial charge in [0.2, 0.25) is 5.91 Å². The monoisotopic (exact) mass is 356 g/mol. The first-order valence-electron chi connectivity index (χ1n) is 7.06. The molecule has 1 amide bonds. The molecule has 1 aliphatic rings. The normalized spacial score (nSPS) is 16.2. The van der Waals surface area contributed by atoms with Gasteiger partial charge in [-0.1, -0.05) is 17.7 Å². The van der Waals surface area contributed by atoms with E-state index in [9.17, 15) is 10.1 Å². The van der Waals surface area contributed by atoms with Gasteiger partial charge >= 0.3 is 0 Å². The number of halogens is 1. The minimum Gasteiger partial charge on any atom is -0.493 e. The fourth-order valence-electron chi connectivity index (χ4n) is 2.64. The minimum atomic E-state index is -0.683. The van der Waals surface area contributed by atoms with E-state index in [-0.39, 0.29) is 34.0 Å². The first kappa shape index (κ1) is 18.1. The summed E-state index contributed by atoms with van der Waals surface area (Å²) in [5.41, 5.74) is 0.369. The van der Waals surface area contributed by atoms with Crippen LogP contribution in [0.2, 0.25) is 5.02 Å². The zero-order chi connectivity index (χ0) is 18.6. The second-order valence-electron chi connectivity index (χ2n) is 5.02. The van der Waals surface area contributed by atoms with E-state index in [0.717, 1.165) is 0 Å². The Morgan fingerprint density at radius 2 is 2.08 bits per heavy atom. The summed E-state index contributed by atoms with van der Waals surface area (Å²) in [6.45, 7) is 0. The van der Waals surface area contributed by atoms with Crippen molar-refractivity contribution in [3.8, 4) is 23.6 Å². The summed E-state index contributed by atoms with van der Waals surface area (Å²) in [4.78, 5) is 12.1. The molecule has 7 nitrogen and oxygen atoms in total. The third-order valence-corrected chi connectivity index (χ3v) is 4.16. The molecule has 1 atom stereocenters. The molecule has 0 spiro atoms. The SMILES string of the molecule is COc1ccc(C2CC(=O)NC(C(=C=N)C#N)=C2C#N)c(Cl)c1OC. The van der Waals surface area contributed by atoms with Crippen molar-refractivity contribution < 1.29 is 14.3 Å². The highest BCUT2D eigenvalue weighted by molar-refractivity contribution is 6.33. The molecule has 25 heavy (non-hydrogen) atoms. The van der Waals surface area contributed by atoms with Gasteiger partial charge in [-0.3, -0.25) is 10.2 Å². The highest BCUT2D eigenvalue weighted by atomic mass is 35.5. The number of carbonyl (C=O) groups excluding carboxylic acids is 1. The summed E-state index contributed by atoms with van der Waals surface area (Å²) in [5.74, 6) is 1.56. The molecule has 0 bridgehead atoms. The van der Waals surface area contributed by atoms with E-state index < -0.39 is 11.8 Å². The van der Waals surface area contributed by atoms with Crippen molar-refractivity contribution in [3.63, 3.8) is 0 Å². The highest BCUT2D eigenvalue weighted by Gasteiger charge is 2.33. The first-order chi connectivity index (χ1) is 12.0. The lowest BCUT2D eigenvalue weighted by Gasteiger charge is -2.26. The molecule has 0 aromatic heterocycles. The van der Waals surface area contributed by atoms with E-state index in [1.165, 1.54) is 14.2 Å². The maximum absolute atomic E-state index is 12.1. The van der Waals surface area contributed by atoms with Crippen molar-refractivity contribution in [2.45, 2.75) is 12.3 Å². The van der Waals surface area contributed by atoms with E-state index in [0.29, 0.717) is 11.3 Å². The standard InChI is InChI=1S/C17H13ClN4O3/c1-24-13-4-3-10(15(18)17(13)25-2)11-5-14(23)22-16(12(11)8-21)9(6-19)7-20/h3-4,11,19H,5H2,1-2H3,(H,22,23). The van der Waals surface area contributed by atoms with Crippen LogP contribution in [-0.2, 0) is 4.79 Å².